The van der Waals surface area contributed by atoms with Crippen LogP contribution in [-0.4, -0.2) is 36.1 Å². The Morgan fingerprint density at radius 3 is 3.05 bits per heavy atom. The van der Waals surface area contributed by atoms with Gasteiger partial charge >= 0.3 is 6.01 Å². The van der Waals surface area contributed by atoms with Gasteiger partial charge in [0.25, 0.3) is 11.8 Å². The van der Waals surface area contributed by atoms with Gasteiger partial charge in [-0.25, -0.2) is 0 Å². The molecular formula is C14H15N3O4S. The summed E-state index contributed by atoms with van der Waals surface area (Å²) in [5, 5.41) is 8.76. The van der Waals surface area contributed by atoms with Crippen molar-refractivity contribution in [2.75, 3.05) is 18.5 Å². The fraction of sp³-hybridized carbons (Fsp3) is 0.357. The molecule has 0 saturated carbocycles. The van der Waals surface area contributed by atoms with Gasteiger partial charge in [-0.1, -0.05) is 0 Å². The number of oxazole rings is 1. The van der Waals surface area contributed by atoms with Crippen LogP contribution in [0.2, 0.25) is 0 Å². The van der Waals surface area contributed by atoms with E-state index in [1.54, 1.807) is 16.8 Å². The predicted octanol–water partition coefficient (Wildman–Crippen LogP) is 1.90. The number of aromatic nitrogens is 1. The van der Waals surface area contributed by atoms with E-state index in [1.165, 1.54) is 17.6 Å². The van der Waals surface area contributed by atoms with E-state index >= 15 is 0 Å². The maximum atomic E-state index is 11.9. The summed E-state index contributed by atoms with van der Waals surface area (Å²) in [5.74, 6) is -0.676. The first-order valence-electron chi connectivity index (χ1n) is 6.91. The zero-order valence-electron chi connectivity index (χ0n) is 11.7. The van der Waals surface area contributed by atoms with Crippen molar-refractivity contribution in [3.63, 3.8) is 0 Å². The average molecular weight is 321 g/mol. The quantitative estimate of drug-likeness (QED) is 0.877. The fourth-order valence-corrected chi connectivity index (χ4v) is 2.74. The molecule has 0 spiro atoms. The maximum absolute atomic E-state index is 11.9. The molecule has 0 radical (unpaired) electrons. The number of thiophene rings is 1. The maximum Gasteiger partial charge on any atom is 0.302 e. The van der Waals surface area contributed by atoms with Crippen LogP contribution in [-0.2, 0) is 4.74 Å². The van der Waals surface area contributed by atoms with Gasteiger partial charge in [0.15, 0.2) is 5.69 Å². The van der Waals surface area contributed by atoms with E-state index in [-0.39, 0.29) is 29.6 Å². The minimum absolute atomic E-state index is 0.00142. The highest BCUT2D eigenvalue weighted by atomic mass is 32.1. The molecule has 3 rings (SSSR count). The van der Waals surface area contributed by atoms with Gasteiger partial charge in [-0.05, 0) is 24.3 Å². The fourth-order valence-electron chi connectivity index (χ4n) is 2.10. The molecule has 116 valence electrons. The molecule has 1 fully saturated rings. The van der Waals surface area contributed by atoms with Crippen LogP contribution in [0.1, 0.15) is 33.7 Å². The van der Waals surface area contributed by atoms with Gasteiger partial charge in [0.05, 0.1) is 11.7 Å². The Bertz CT molecular complexity index is 647. The van der Waals surface area contributed by atoms with Gasteiger partial charge in [0, 0.05) is 18.5 Å². The third-order valence-corrected chi connectivity index (χ3v) is 3.94. The first-order valence-corrected chi connectivity index (χ1v) is 7.85. The van der Waals surface area contributed by atoms with Crippen LogP contribution in [0.15, 0.2) is 27.5 Å². The number of anilines is 1. The SMILES string of the molecule is O=C(Nc1nc(C(=O)NCC2CCCO2)co1)c1ccsc1. The van der Waals surface area contributed by atoms with Gasteiger partial charge < -0.3 is 14.5 Å². The van der Waals surface area contributed by atoms with Crippen molar-refractivity contribution in [2.24, 2.45) is 0 Å². The van der Waals surface area contributed by atoms with Crippen LogP contribution < -0.4 is 10.6 Å². The third-order valence-electron chi connectivity index (χ3n) is 3.25. The third kappa shape index (κ3) is 3.52. The van der Waals surface area contributed by atoms with Gasteiger partial charge in [-0.3, -0.25) is 14.9 Å². The standard InChI is InChI=1S/C14H15N3O4S/c18-12(9-3-5-22-8-9)17-14-16-11(7-21-14)13(19)15-6-10-2-1-4-20-10/h3,5,7-8,10H,1-2,4,6H2,(H,15,19)(H,16,17,18). The van der Waals surface area contributed by atoms with Crippen molar-refractivity contribution < 1.29 is 18.7 Å². The molecule has 0 aromatic carbocycles. The summed E-state index contributed by atoms with van der Waals surface area (Å²) >= 11 is 1.42. The minimum atomic E-state index is -0.352. The Hall–Kier alpha value is -2.19. The largest absolute Gasteiger partial charge is 0.431 e. The molecule has 3 heterocycles. The molecule has 2 aromatic rings. The number of ether oxygens (including phenoxy) is 1. The zero-order valence-corrected chi connectivity index (χ0v) is 12.5. The smallest absolute Gasteiger partial charge is 0.302 e. The Labute approximate surface area is 130 Å². The molecule has 1 unspecified atom stereocenters. The summed E-state index contributed by atoms with van der Waals surface area (Å²) in [7, 11) is 0. The minimum Gasteiger partial charge on any atom is -0.431 e. The number of nitrogens with one attached hydrogen (secondary N) is 2. The Kier molecular flexibility index (Phi) is 4.50. The zero-order chi connectivity index (χ0) is 15.4. The Balaban J connectivity index is 1.53. The summed E-state index contributed by atoms with van der Waals surface area (Å²) in [6, 6.07) is 1.69. The molecule has 1 aliphatic heterocycles. The van der Waals surface area contributed by atoms with Crippen molar-refractivity contribution >= 4 is 29.2 Å². The van der Waals surface area contributed by atoms with E-state index in [4.69, 9.17) is 9.15 Å². The normalized spacial score (nSPS) is 17.4. The van der Waals surface area contributed by atoms with Gasteiger partial charge in [0.1, 0.15) is 6.26 Å². The van der Waals surface area contributed by atoms with Crippen molar-refractivity contribution in [3.05, 3.63) is 34.3 Å². The number of carbonyl (C=O) groups is 2. The molecule has 0 aliphatic carbocycles. The van der Waals surface area contributed by atoms with Gasteiger partial charge in [-0.2, -0.15) is 16.3 Å². The molecule has 2 amide bonds. The number of hydrogen-bond acceptors (Lipinski definition) is 6. The highest BCUT2D eigenvalue weighted by molar-refractivity contribution is 7.08. The lowest BCUT2D eigenvalue weighted by Gasteiger charge is -2.09. The van der Waals surface area contributed by atoms with Crippen molar-refractivity contribution in [1.29, 1.82) is 0 Å². The predicted molar refractivity (Wildman–Crippen MR) is 80.1 cm³/mol. The number of rotatable bonds is 5. The molecule has 0 bridgehead atoms. The Morgan fingerprint density at radius 2 is 2.32 bits per heavy atom. The van der Waals surface area contributed by atoms with Gasteiger partial charge in [-0.15, -0.1) is 0 Å². The number of nitrogens with zero attached hydrogens (tertiary/aromatic N) is 1. The monoisotopic (exact) mass is 321 g/mol. The van der Waals surface area contributed by atoms with Crippen LogP contribution in [0.5, 0.6) is 0 Å². The second-order valence-corrected chi connectivity index (χ2v) is 5.63. The molecule has 22 heavy (non-hydrogen) atoms. The number of amides is 2. The highest BCUT2D eigenvalue weighted by Gasteiger charge is 2.19. The summed E-state index contributed by atoms with van der Waals surface area (Å²) in [6.07, 6.45) is 3.24. The van der Waals surface area contributed by atoms with Gasteiger partial charge in [0.2, 0.25) is 0 Å². The average Bonchev–Trinajstić information content (AvgIpc) is 3.25. The topological polar surface area (TPSA) is 93.5 Å². The van der Waals surface area contributed by atoms with E-state index in [0.29, 0.717) is 12.1 Å². The van der Waals surface area contributed by atoms with Crippen LogP contribution in [0, 0.1) is 0 Å². The van der Waals surface area contributed by atoms with E-state index in [0.717, 1.165) is 19.4 Å². The lowest BCUT2D eigenvalue weighted by Crippen LogP contribution is -2.31. The number of hydrogen-bond donors (Lipinski definition) is 2. The summed E-state index contributed by atoms with van der Waals surface area (Å²) < 4.78 is 10.5. The molecule has 8 heteroatoms. The first kappa shape index (κ1) is 14.7. The second-order valence-electron chi connectivity index (χ2n) is 4.85. The molecule has 1 saturated heterocycles. The molecule has 2 N–H and O–H groups in total. The van der Waals surface area contributed by atoms with Crippen molar-refractivity contribution in [1.82, 2.24) is 10.3 Å². The van der Waals surface area contributed by atoms with Crippen LogP contribution in [0.4, 0.5) is 6.01 Å². The van der Waals surface area contributed by atoms with E-state index in [1.807, 2.05) is 0 Å². The van der Waals surface area contributed by atoms with Crippen LogP contribution in [0.3, 0.4) is 0 Å². The summed E-state index contributed by atoms with van der Waals surface area (Å²) in [6.45, 7) is 1.19. The highest BCUT2D eigenvalue weighted by Crippen LogP contribution is 2.13. The second kappa shape index (κ2) is 6.71. The van der Waals surface area contributed by atoms with E-state index in [2.05, 4.69) is 15.6 Å². The molecule has 2 aromatic heterocycles. The van der Waals surface area contributed by atoms with Crippen LogP contribution in [0.25, 0.3) is 0 Å². The lowest BCUT2D eigenvalue weighted by molar-refractivity contribution is 0.0853. The lowest BCUT2D eigenvalue weighted by atomic mass is 10.2. The molecule has 7 nitrogen and oxygen atoms in total. The molecule has 1 atom stereocenters. The van der Waals surface area contributed by atoms with Crippen molar-refractivity contribution in [2.45, 2.75) is 18.9 Å². The summed E-state index contributed by atoms with van der Waals surface area (Å²) in [5.41, 5.74) is 0.645. The van der Waals surface area contributed by atoms with Crippen molar-refractivity contribution in [3.8, 4) is 0 Å². The van der Waals surface area contributed by atoms with E-state index < -0.39 is 0 Å². The molecular weight excluding hydrogens is 306 g/mol. The van der Waals surface area contributed by atoms with E-state index in [9.17, 15) is 9.59 Å². The molecule has 1 aliphatic rings. The first-order chi connectivity index (χ1) is 10.7. The number of carbonyl (C=O) groups excluding carboxylic acids is 2. The summed E-state index contributed by atoms with van der Waals surface area (Å²) in [4.78, 5) is 27.7. The van der Waals surface area contributed by atoms with Crippen LogP contribution >= 0.6 is 11.3 Å². The Morgan fingerprint density at radius 1 is 1.41 bits per heavy atom.